The van der Waals surface area contributed by atoms with Gasteiger partial charge in [-0.1, -0.05) is 23.7 Å². The van der Waals surface area contributed by atoms with Crippen molar-refractivity contribution >= 4 is 34.3 Å². The molecule has 0 amide bonds. The molecule has 0 aliphatic carbocycles. The van der Waals surface area contributed by atoms with E-state index in [-0.39, 0.29) is 10.7 Å². The molecule has 158 valence electrons. The average Bonchev–Trinajstić information content (AvgIpc) is 3.41. The van der Waals surface area contributed by atoms with Gasteiger partial charge in [0.2, 0.25) is 0 Å². The standard InChI is InChI=1S/C21H17ClFN5O2S/c22-18-6-5-16(12-19(18)23)25-21-27(9-2-8-26-10-7-24-14-26)20(13-31-21)15-3-1-4-17(11-15)28(29)30/h1,3-7,10-14H,2,8-9H2. The van der Waals surface area contributed by atoms with Gasteiger partial charge in [0.1, 0.15) is 5.82 Å². The Morgan fingerprint density at radius 1 is 1.23 bits per heavy atom. The van der Waals surface area contributed by atoms with E-state index in [1.807, 2.05) is 26.8 Å². The van der Waals surface area contributed by atoms with E-state index < -0.39 is 10.7 Å². The van der Waals surface area contributed by atoms with Crippen LogP contribution in [0.1, 0.15) is 6.42 Å². The number of hydrogen-bond donors (Lipinski definition) is 0. The van der Waals surface area contributed by atoms with Crippen LogP contribution >= 0.6 is 22.9 Å². The predicted molar refractivity (Wildman–Crippen MR) is 118 cm³/mol. The van der Waals surface area contributed by atoms with Crippen LogP contribution < -0.4 is 4.80 Å². The highest BCUT2D eigenvalue weighted by Gasteiger charge is 2.13. The first-order valence-electron chi connectivity index (χ1n) is 9.40. The summed E-state index contributed by atoms with van der Waals surface area (Å²) in [4.78, 5) is 20.1. The summed E-state index contributed by atoms with van der Waals surface area (Å²) in [5, 5.41) is 13.1. The van der Waals surface area contributed by atoms with E-state index in [1.54, 1.807) is 30.7 Å². The first-order chi connectivity index (χ1) is 15.0. The molecule has 0 fully saturated rings. The maximum Gasteiger partial charge on any atom is 0.270 e. The lowest BCUT2D eigenvalue weighted by molar-refractivity contribution is -0.384. The molecule has 0 atom stereocenters. The minimum atomic E-state index is -0.537. The van der Waals surface area contributed by atoms with Crippen LogP contribution in [0.25, 0.3) is 11.3 Å². The Kier molecular flexibility index (Phi) is 6.24. The van der Waals surface area contributed by atoms with Gasteiger partial charge in [0.15, 0.2) is 4.80 Å². The van der Waals surface area contributed by atoms with Gasteiger partial charge < -0.3 is 9.13 Å². The lowest BCUT2D eigenvalue weighted by Gasteiger charge is -2.10. The SMILES string of the molecule is O=[N+]([O-])c1cccc(-c2csc(=Nc3ccc(Cl)c(F)c3)n2CCCn2ccnc2)c1. The van der Waals surface area contributed by atoms with Gasteiger partial charge in [-0.2, -0.15) is 0 Å². The largest absolute Gasteiger partial charge is 0.337 e. The Bertz CT molecular complexity index is 1280. The summed E-state index contributed by atoms with van der Waals surface area (Å²) in [5.41, 5.74) is 1.99. The van der Waals surface area contributed by atoms with Crippen LogP contribution in [-0.2, 0) is 13.1 Å². The third-order valence-electron chi connectivity index (χ3n) is 4.64. The van der Waals surface area contributed by atoms with Gasteiger partial charge >= 0.3 is 0 Å². The first kappa shape index (κ1) is 21.0. The van der Waals surface area contributed by atoms with Crippen LogP contribution in [0.3, 0.4) is 0 Å². The number of non-ortho nitro benzene ring substituents is 1. The van der Waals surface area contributed by atoms with Gasteiger partial charge in [-0.05, 0) is 18.6 Å². The van der Waals surface area contributed by atoms with Crippen molar-refractivity contribution in [3.63, 3.8) is 0 Å². The maximum atomic E-state index is 13.9. The highest BCUT2D eigenvalue weighted by Crippen LogP contribution is 2.26. The Balaban J connectivity index is 1.74. The molecule has 0 saturated carbocycles. The van der Waals surface area contributed by atoms with E-state index in [0.717, 1.165) is 24.2 Å². The topological polar surface area (TPSA) is 78.2 Å². The Hall–Kier alpha value is -3.30. The van der Waals surface area contributed by atoms with Gasteiger partial charge in [0.25, 0.3) is 5.69 Å². The Labute approximate surface area is 185 Å². The summed E-state index contributed by atoms with van der Waals surface area (Å²) in [6.07, 6.45) is 6.16. The molecule has 2 aromatic carbocycles. The molecule has 0 spiro atoms. The van der Waals surface area contributed by atoms with Crippen molar-refractivity contribution in [3.05, 3.63) is 92.3 Å². The summed E-state index contributed by atoms with van der Waals surface area (Å²) in [5.74, 6) is -0.537. The smallest absolute Gasteiger partial charge is 0.270 e. The van der Waals surface area contributed by atoms with Crippen LogP contribution in [0.4, 0.5) is 15.8 Å². The Morgan fingerprint density at radius 2 is 2.10 bits per heavy atom. The number of halogens is 2. The minimum absolute atomic E-state index is 0.0203. The van der Waals surface area contributed by atoms with Gasteiger partial charge in [-0.15, -0.1) is 11.3 Å². The zero-order valence-electron chi connectivity index (χ0n) is 16.2. The second-order valence-electron chi connectivity index (χ2n) is 6.73. The fraction of sp³-hybridized carbons (Fsp3) is 0.143. The molecule has 0 aliphatic heterocycles. The number of aryl methyl sites for hydroxylation is 1. The van der Waals surface area contributed by atoms with Crippen molar-refractivity contribution in [1.82, 2.24) is 14.1 Å². The highest BCUT2D eigenvalue weighted by molar-refractivity contribution is 7.07. The molecule has 31 heavy (non-hydrogen) atoms. The quantitative estimate of drug-likeness (QED) is 0.274. The maximum absolute atomic E-state index is 13.9. The number of nitrogens with zero attached hydrogens (tertiary/aromatic N) is 5. The lowest BCUT2D eigenvalue weighted by atomic mass is 10.1. The van der Waals surface area contributed by atoms with E-state index in [0.29, 0.717) is 17.0 Å². The molecule has 0 unspecified atom stereocenters. The third kappa shape index (κ3) is 4.89. The molecule has 0 aliphatic rings. The van der Waals surface area contributed by atoms with E-state index in [1.165, 1.54) is 29.5 Å². The fourth-order valence-corrected chi connectivity index (χ4v) is 4.21. The minimum Gasteiger partial charge on any atom is -0.337 e. The molecule has 2 aromatic heterocycles. The average molecular weight is 458 g/mol. The second kappa shape index (κ2) is 9.23. The number of nitro groups is 1. The second-order valence-corrected chi connectivity index (χ2v) is 7.97. The van der Waals surface area contributed by atoms with Crippen molar-refractivity contribution < 1.29 is 9.31 Å². The summed E-state index contributed by atoms with van der Waals surface area (Å²) in [6, 6.07) is 10.9. The van der Waals surface area contributed by atoms with E-state index in [2.05, 4.69) is 9.98 Å². The third-order valence-corrected chi connectivity index (χ3v) is 5.81. The van der Waals surface area contributed by atoms with Crippen LogP contribution in [0.5, 0.6) is 0 Å². The van der Waals surface area contributed by atoms with Crippen molar-refractivity contribution in [1.29, 1.82) is 0 Å². The van der Waals surface area contributed by atoms with Crippen LogP contribution in [0, 0.1) is 15.9 Å². The molecule has 4 aromatic rings. The number of rotatable bonds is 7. The van der Waals surface area contributed by atoms with Crippen molar-refractivity contribution in [2.45, 2.75) is 19.5 Å². The molecular weight excluding hydrogens is 441 g/mol. The fourth-order valence-electron chi connectivity index (χ4n) is 3.14. The molecule has 0 saturated heterocycles. The van der Waals surface area contributed by atoms with Gasteiger partial charge in [0.05, 0.1) is 27.7 Å². The number of aromatic nitrogens is 3. The summed E-state index contributed by atoms with van der Waals surface area (Å²) < 4.78 is 17.8. The van der Waals surface area contributed by atoms with Crippen LogP contribution in [0.2, 0.25) is 5.02 Å². The molecule has 2 heterocycles. The lowest BCUT2D eigenvalue weighted by Crippen LogP contribution is -2.17. The van der Waals surface area contributed by atoms with Crippen molar-refractivity contribution in [2.75, 3.05) is 0 Å². The van der Waals surface area contributed by atoms with Gasteiger partial charge in [0, 0.05) is 54.6 Å². The van der Waals surface area contributed by atoms with Crippen LogP contribution in [0.15, 0.2) is 71.6 Å². The van der Waals surface area contributed by atoms with E-state index in [9.17, 15) is 14.5 Å². The van der Waals surface area contributed by atoms with Gasteiger partial charge in [-0.25, -0.2) is 14.4 Å². The number of nitro benzene ring substituents is 1. The van der Waals surface area contributed by atoms with Crippen LogP contribution in [-0.4, -0.2) is 19.0 Å². The van der Waals surface area contributed by atoms with E-state index >= 15 is 0 Å². The Morgan fingerprint density at radius 3 is 2.84 bits per heavy atom. The summed E-state index contributed by atoms with van der Waals surface area (Å²) in [6.45, 7) is 1.38. The molecule has 0 bridgehead atoms. The molecular formula is C21H17ClFN5O2S. The van der Waals surface area contributed by atoms with E-state index in [4.69, 9.17) is 11.6 Å². The zero-order valence-corrected chi connectivity index (χ0v) is 17.8. The predicted octanol–water partition coefficient (Wildman–Crippen LogP) is 5.44. The molecule has 7 nitrogen and oxygen atoms in total. The number of imidazole rings is 1. The highest BCUT2D eigenvalue weighted by atomic mass is 35.5. The summed E-state index contributed by atoms with van der Waals surface area (Å²) in [7, 11) is 0. The monoisotopic (exact) mass is 457 g/mol. The summed E-state index contributed by atoms with van der Waals surface area (Å²) >= 11 is 7.16. The van der Waals surface area contributed by atoms with Crippen molar-refractivity contribution in [2.24, 2.45) is 4.99 Å². The normalized spacial score (nSPS) is 11.7. The zero-order chi connectivity index (χ0) is 21.8. The number of benzene rings is 2. The molecule has 0 radical (unpaired) electrons. The van der Waals surface area contributed by atoms with Crippen molar-refractivity contribution in [3.8, 4) is 11.3 Å². The number of hydrogen-bond acceptors (Lipinski definition) is 5. The molecule has 0 N–H and O–H groups in total. The number of thiazole rings is 1. The first-order valence-corrected chi connectivity index (χ1v) is 10.7. The van der Waals surface area contributed by atoms with Gasteiger partial charge in [-0.3, -0.25) is 10.1 Å². The molecule has 4 rings (SSSR count). The molecule has 10 heteroatoms.